The number of carbonyl (C=O) groups excluding carboxylic acids is 1. The highest BCUT2D eigenvalue weighted by Gasteiger charge is 2.29. The number of likely N-dealkylation sites (tertiary alicyclic amines) is 1. The van der Waals surface area contributed by atoms with Crippen molar-refractivity contribution in [2.45, 2.75) is 31.7 Å². The Balaban J connectivity index is 2.70. The van der Waals surface area contributed by atoms with Gasteiger partial charge in [-0.3, -0.25) is 4.79 Å². The van der Waals surface area contributed by atoms with Crippen LogP contribution in [0.4, 0.5) is 0 Å². The van der Waals surface area contributed by atoms with E-state index in [2.05, 4.69) is 0 Å². The van der Waals surface area contributed by atoms with Crippen molar-refractivity contribution in [1.29, 1.82) is 0 Å². The predicted octanol–water partition coefficient (Wildman–Crippen LogP) is 0.489. The molecule has 15 heavy (non-hydrogen) atoms. The molecule has 1 rings (SSSR count). The van der Waals surface area contributed by atoms with E-state index in [-0.39, 0.29) is 12.5 Å². The van der Waals surface area contributed by atoms with Gasteiger partial charge in [0, 0.05) is 20.1 Å². The maximum absolute atomic E-state index is 11.6. The fourth-order valence-electron chi connectivity index (χ4n) is 1.79. The first-order valence-corrected chi connectivity index (χ1v) is 5.18. The van der Waals surface area contributed by atoms with Crippen molar-refractivity contribution < 1.29 is 19.4 Å². The molecule has 1 heterocycles. The molecule has 0 aliphatic carbocycles. The molecule has 1 fully saturated rings. The van der Waals surface area contributed by atoms with E-state index >= 15 is 0 Å². The number of nitrogens with zero attached hydrogens (tertiary/aromatic N) is 1. The fourth-order valence-corrected chi connectivity index (χ4v) is 1.79. The minimum atomic E-state index is -0.993. The minimum Gasteiger partial charge on any atom is -0.480 e. The minimum absolute atomic E-state index is 0.0566. The number of carbonyl (C=O) groups is 2. The topological polar surface area (TPSA) is 66.8 Å². The van der Waals surface area contributed by atoms with Gasteiger partial charge < -0.3 is 14.7 Å². The van der Waals surface area contributed by atoms with Crippen LogP contribution in [0.15, 0.2) is 0 Å². The van der Waals surface area contributed by atoms with Gasteiger partial charge in [-0.1, -0.05) is 6.42 Å². The Bertz CT molecular complexity index is 242. The van der Waals surface area contributed by atoms with Crippen LogP contribution in [0.25, 0.3) is 0 Å². The third-order valence-corrected chi connectivity index (χ3v) is 2.60. The largest absolute Gasteiger partial charge is 0.480 e. The lowest BCUT2D eigenvalue weighted by molar-refractivity contribution is -0.152. The Kier molecular flexibility index (Phi) is 4.55. The van der Waals surface area contributed by atoms with Crippen LogP contribution in [-0.4, -0.2) is 48.2 Å². The van der Waals surface area contributed by atoms with Crippen molar-refractivity contribution in [3.63, 3.8) is 0 Å². The summed E-state index contributed by atoms with van der Waals surface area (Å²) in [6, 6.07) is -0.833. The van der Waals surface area contributed by atoms with E-state index in [1.807, 2.05) is 0 Å². The first-order valence-electron chi connectivity index (χ1n) is 5.18. The average Bonchev–Trinajstić information content (AvgIpc) is 2.39. The fraction of sp³-hybridized carbons (Fsp3) is 0.800. The van der Waals surface area contributed by atoms with Gasteiger partial charge in [-0.2, -0.15) is 0 Å². The number of amides is 1. The molecule has 1 amide bonds. The van der Waals surface area contributed by atoms with Crippen molar-refractivity contribution in [3.05, 3.63) is 0 Å². The Labute approximate surface area is 89.0 Å². The number of ether oxygens (including phenoxy) is 1. The standard InChI is InChI=1S/C10H17NO4/c1-15-7-8(10(13)14)11-6-4-2-3-5-9(11)12/h8H,2-7H2,1H3,(H,13,14). The third kappa shape index (κ3) is 3.20. The highest BCUT2D eigenvalue weighted by atomic mass is 16.5. The van der Waals surface area contributed by atoms with Crippen molar-refractivity contribution in [2.75, 3.05) is 20.3 Å². The molecule has 5 nitrogen and oxygen atoms in total. The molecular weight excluding hydrogens is 198 g/mol. The van der Waals surface area contributed by atoms with Crippen LogP contribution in [0.1, 0.15) is 25.7 Å². The van der Waals surface area contributed by atoms with Crippen molar-refractivity contribution in [2.24, 2.45) is 0 Å². The molecule has 86 valence electrons. The van der Waals surface area contributed by atoms with Crippen LogP contribution in [0.3, 0.4) is 0 Å². The van der Waals surface area contributed by atoms with E-state index < -0.39 is 12.0 Å². The van der Waals surface area contributed by atoms with E-state index in [1.165, 1.54) is 12.0 Å². The van der Waals surface area contributed by atoms with Crippen molar-refractivity contribution in [3.8, 4) is 0 Å². The lowest BCUT2D eigenvalue weighted by Gasteiger charge is -2.27. The van der Waals surface area contributed by atoms with Crippen LogP contribution >= 0.6 is 0 Å². The SMILES string of the molecule is COCC(C(=O)O)N1CCCCCC1=O. The molecule has 0 aromatic carbocycles. The second kappa shape index (κ2) is 5.70. The van der Waals surface area contributed by atoms with Gasteiger partial charge in [0.1, 0.15) is 0 Å². The zero-order valence-electron chi connectivity index (χ0n) is 8.94. The molecule has 1 aliphatic heterocycles. The van der Waals surface area contributed by atoms with E-state index in [9.17, 15) is 9.59 Å². The molecule has 1 unspecified atom stereocenters. The summed E-state index contributed by atoms with van der Waals surface area (Å²) in [5.41, 5.74) is 0. The number of rotatable bonds is 4. The summed E-state index contributed by atoms with van der Waals surface area (Å²) in [5.74, 6) is -1.07. The second-order valence-corrected chi connectivity index (χ2v) is 3.71. The summed E-state index contributed by atoms with van der Waals surface area (Å²) in [5, 5.41) is 8.99. The molecule has 1 N–H and O–H groups in total. The molecule has 0 bridgehead atoms. The van der Waals surface area contributed by atoms with Gasteiger partial charge in [-0.25, -0.2) is 4.79 Å². The van der Waals surface area contributed by atoms with Gasteiger partial charge in [0.05, 0.1) is 6.61 Å². The Hall–Kier alpha value is -1.10. The summed E-state index contributed by atoms with van der Waals surface area (Å²) in [6.07, 6.45) is 3.17. The van der Waals surface area contributed by atoms with Crippen LogP contribution < -0.4 is 0 Å². The summed E-state index contributed by atoms with van der Waals surface area (Å²) in [4.78, 5) is 24.0. The normalized spacial score (nSPS) is 19.8. The number of aliphatic carboxylic acids is 1. The zero-order valence-corrected chi connectivity index (χ0v) is 8.94. The highest BCUT2D eigenvalue weighted by Crippen LogP contribution is 2.14. The molecular formula is C10H17NO4. The van der Waals surface area contributed by atoms with Crippen molar-refractivity contribution in [1.82, 2.24) is 4.90 Å². The zero-order chi connectivity index (χ0) is 11.3. The molecule has 0 aromatic heterocycles. The molecule has 1 aliphatic rings. The molecule has 1 saturated heterocycles. The predicted molar refractivity (Wildman–Crippen MR) is 53.5 cm³/mol. The van der Waals surface area contributed by atoms with Gasteiger partial charge in [-0.15, -0.1) is 0 Å². The number of hydrogen-bond donors (Lipinski definition) is 1. The van der Waals surface area contributed by atoms with E-state index in [4.69, 9.17) is 9.84 Å². The van der Waals surface area contributed by atoms with E-state index in [0.29, 0.717) is 13.0 Å². The van der Waals surface area contributed by atoms with Gasteiger partial charge in [-0.05, 0) is 12.8 Å². The molecule has 0 aromatic rings. The monoisotopic (exact) mass is 215 g/mol. The first-order chi connectivity index (χ1) is 7.16. The van der Waals surface area contributed by atoms with Crippen LogP contribution in [-0.2, 0) is 14.3 Å². The number of hydrogen-bond acceptors (Lipinski definition) is 3. The van der Waals surface area contributed by atoms with Gasteiger partial charge >= 0.3 is 5.97 Å². The first kappa shape index (κ1) is 12.0. The van der Waals surface area contributed by atoms with E-state index in [0.717, 1.165) is 19.3 Å². The van der Waals surface area contributed by atoms with Crippen LogP contribution in [0, 0.1) is 0 Å². The molecule has 0 spiro atoms. The Morgan fingerprint density at radius 3 is 2.87 bits per heavy atom. The summed E-state index contributed by atoms with van der Waals surface area (Å²) >= 11 is 0. The molecule has 0 radical (unpaired) electrons. The third-order valence-electron chi connectivity index (χ3n) is 2.60. The molecule has 0 saturated carbocycles. The summed E-state index contributed by atoms with van der Waals surface area (Å²) in [7, 11) is 1.44. The number of carboxylic acids is 1. The molecule has 1 atom stereocenters. The highest BCUT2D eigenvalue weighted by molar-refractivity contribution is 5.83. The van der Waals surface area contributed by atoms with Crippen LogP contribution in [0.2, 0.25) is 0 Å². The van der Waals surface area contributed by atoms with Gasteiger partial charge in [0.2, 0.25) is 5.91 Å². The Morgan fingerprint density at radius 2 is 2.27 bits per heavy atom. The van der Waals surface area contributed by atoms with Gasteiger partial charge in [0.15, 0.2) is 6.04 Å². The van der Waals surface area contributed by atoms with Crippen LogP contribution in [0.5, 0.6) is 0 Å². The quantitative estimate of drug-likeness (QED) is 0.741. The lowest BCUT2D eigenvalue weighted by Crippen LogP contribution is -2.47. The maximum atomic E-state index is 11.6. The number of carboxylic acid groups (broad SMARTS) is 1. The second-order valence-electron chi connectivity index (χ2n) is 3.71. The summed E-state index contributed by atoms with van der Waals surface area (Å²) < 4.78 is 4.83. The van der Waals surface area contributed by atoms with Crippen molar-refractivity contribution >= 4 is 11.9 Å². The molecule has 5 heteroatoms. The summed E-state index contributed by atoms with van der Waals surface area (Å²) in [6.45, 7) is 0.584. The number of methoxy groups -OCH3 is 1. The smallest absolute Gasteiger partial charge is 0.328 e. The van der Waals surface area contributed by atoms with E-state index in [1.54, 1.807) is 0 Å². The lowest BCUT2D eigenvalue weighted by atomic mass is 10.2. The average molecular weight is 215 g/mol. The van der Waals surface area contributed by atoms with Gasteiger partial charge in [0.25, 0.3) is 0 Å². The Morgan fingerprint density at radius 1 is 1.53 bits per heavy atom. The maximum Gasteiger partial charge on any atom is 0.328 e.